The molecule has 4 nitrogen and oxygen atoms in total. The number of carboxylic acids is 1. The first-order valence-electron chi connectivity index (χ1n) is 6.99. The lowest BCUT2D eigenvalue weighted by Crippen LogP contribution is -2.31. The fourth-order valence-electron chi connectivity index (χ4n) is 2.66. The van der Waals surface area contributed by atoms with Crippen molar-refractivity contribution in [1.29, 1.82) is 0 Å². The molecule has 0 radical (unpaired) electrons. The predicted octanol–water partition coefficient (Wildman–Crippen LogP) is 2.47. The second-order valence-corrected chi connectivity index (χ2v) is 5.68. The van der Waals surface area contributed by atoms with Crippen molar-refractivity contribution in [2.24, 2.45) is 5.92 Å². The lowest BCUT2D eigenvalue weighted by Gasteiger charge is -2.22. The highest BCUT2D eigenvalue weighted by atomic mass is 16.4. The maximum Gasteiger partial charge on any atom is 0.341 e. The highest BCUT2D eigenvalue weighted by molar-refractivity contribution is 5.87. The molecular formula is C15H21NO3. The summed E-state index contributed by atoms with van der Waals surface area (Å²) in [5.74, 6) is -0.615. The molecule has 0 saturated heterocycles. The van der Waals surface area contributed by atoms with Gasteiger partial charge in [0.1, 0.15) is 5.56 Å². The Bertz CT molecular complexity index is 543. The summed E-state index contributed by atoms with van der Waals surface area (Å²) in [6, 6.07) is 1.59. The van der Waals surface area contributed by atoms with Crippen molar-refractivity contribution >= 4 is 5.97 Å². The fraction of sp³-hybridized carbons (Fsp3) is 0.600. The van der Waals surface area contributed by atoms with Crippen LogP contribution in [-0.4, -0.2) is 15.6 Å². The molecular weight excluding hydrogens is 242 g/mol. The summed E-state index contributed by atoms with van der Waals surface area (Å²) >= 11 is 0. The first-order chi connectivity index (χ1) is 9.00. The van der Waals surface area contributed by atoms with Gasteiger partial charge in [0, 0.05) is 12.2 Å². The van der Waals surface area contributed by atoms with Crippen molar-refractivity contribution in [2.45, 2.75) is 52.5 Å². The number of rotatable bonds is 4. The minimum atomic E-state index is -1.11. The number of aromatic carboxylic acids is 1. The maximum absolute atomic E-state index is 12.3. The van der Waals surface area contributed by atoms with Crippen LogP contribution in [0.15, 0.2) is 10.9 Å². The van der Waals surface area contributed by atoms with Crippen molar-refractivity contribution < 1.29 is 9.90 Å². The Kier molecular flexibility index (Phi) is 4.08. The van der Waals surface area contributed by atoms with Gasteiger partial charge in [0.05, 0.1) is 0 Å². The largest absolute Gasteiger partial charge is 0.477 e. The van der Waals surface area contributed by atoms with Crippen LogP contribution < -0.4 is 5.56 Å². The molecule has 0 amide bonds. The molecule has 1 aliphatic carbocycles. The average molecular weight is 263 g/mol. The van der Waals surface area contributed by atoms with Gasteiger partial charge in [-0.05, 0) is 49.7 Å². The Morgan fingerprint density at radius 1 is 1.37 bits per heavy atom. The highest BCUT2D eigenvalue weighted by Crippen LogP contribution is 2.21. The van der Waals surface area contributed by atoms with Gasteiger partial charge < -0.3 is 9.67 Å². The van der Waals surface area contributed by atoms with Crippen LogP contribution in [0.3, 0.4) is 0 Å². The van der Waals surface area contributed by atoms with Crippen LogP contribution in [0.1, 0.15) is 54.7 Å². The molecule has 0 fully saturated rings. The van der Waals surface area contributed by atoms with Crippen molar-refractivity contribution in [2.75, 3.05) is 0 Å². The molecule has 0 saturated carbocycles. The number of aromatic nitrogens is 1. The van der Waals surface area contributed by atoms with Crippen LogP contribution in [0.5, 0.6) is 0 Å². The van der Waals surface area contributed by atoms with E-state index in [2.05, 4.69) is 13.8 Å². The van der Waals surface area contributed by atoms with E-state index < -0.39 is 5.97 Å². The van der Waals surface area contributed by atoms with Gasteiger partial charge in [-0.1, -0.05) is 13.8 Å². The van der Waals surface area contributed by atoms with Crippen molar-refractivity contribution in [1.82, 2.24) is 4.57 Å². The second kappa shape index (κ2) is 5.59. The zero-order valence-electron chi connectivity index (χ0n) is 11.6. The third kappa shape index (κ3) is 2.88. The maximum atomic E-state index is 12.3. The van der Waals surface area contributed by atoms with E-state index in [1.54, 1.807) is 10.6 Å². The van der Waals surface area contributed by atoms with E-state index in [9.17, 15) is 9.59 Å². The molecule has 104 valence electrons. The van der Waals surface area contributed by atoms with Crippen LogP contribution in [0.2, 0.25) is 0 Å². The molecule has 1 aromatic rings. The van der Waals surface area contributed by atoms with Gasteiger partial charge in [-0.3, -0.25) is 4.79 Å². The predicted molar refractivity (Wildman–Crippen MR) is 73.8 cm³/mol. The van der Waals surface area contributed by atoms with Gasteiger partial charge in [0.15, 0.2) is 0 Å². The van der Waals surface area contributed by atoms with E-state index >= 15 is 0 Å². The van der Waals surface area contributed by atoms with Gasteiger partial charge in [-0.15, -0.1) is 0 Å². The summed E-state index contributed by atoms with van der Waals surface area (Å²) in [4.78, 5) is 23.5. The number of hydrogen-bond donors (Lipinski definition) is 1. The van der Waals surface area contributed by atoms with Crippen LogP contribution in [-0.2, 0) is 19.4 Å². The number of hydrogen-bond acceptors (Lipinski definition) is 2. The van der Waals surface area contributed by atoms with Gasteiger partial charge in [-0.2, -0.15) is 0 Å². The second-order valence-electron chi connectivity index (χ2n) is 5.68. The van der Waals surface area contributed by atoms with Gasteiger partial charge in [-0.25, -0.2) is 4.79 Å². The smallest absolute Gasteiger partial charge is 0.341 e. The van der Waals surface area contributed by atoms with E-state index in [-0.39, 0.29) is 11.1 Å². The Balaban J connectivity index is 2.50. The van der Waals surface area contributed by atoms with E-state index in [0.717, 1.165) is 43.4 Å². The quantitative estimate of drug-likeness (QED) is 0.907. The minimum absolute atomic E-state index is 0.0793. The Morgan fingerprint density at radius 2 is 2.05 bits per heavy atom. The van der Waals surface area contributed by atoms with Gasteiger partial charge in [0.25, 0.3) is 5.56 Å². The third-order valence-electron chi connectivity index (χ3n) is 3.76. The van der Waals surface area contributed by atoms with Crippen molar-refractivity contribution in [3.63, 3.8) is 0 Å². The highest BCUT2D eigenvalue weighted by Gasteiger charge is 2.20. The first kappa shape index (κ1) is 13.8. The lowest BCUT2D eigenvalue weighted by atomic mass is 9.94. The molecule has 0 unspecified atom stereocenters. The van der Waals surface area contributed by atoms with Crippen LogP contribution in [0.25, 0.3) is 0 Å². The molecule has 1 N–H and O–H groups in total. The molecule has 0 bridgehead atoms. The van der Waals surface area contributed by atoms with Crippen molar-refractivity contribution in [3.05, 3.63) is 33.2 Å². The third-order valence-corrected chi connectivity index (χ3v) is 3.76. The van der Waals surface area contributed by atoms with Crippen LogP contribution in [0, 0.1) is 5.92 Å². The summed E-state index contributed by atoms with van der Waals surface area (Å²) in [6.45, 7) is 4.84. The average Bonchev–Trinajstić information content (AvgIpc) is 2.36. The van der Waals surface area contributed by atoms with E-state index in [1.807, 2.05) is 0 Å². The number of pyridine rings is 1. The van der Waals surface area contributed by atoms with Gasteiger partial charge >= 0.3 is 5.97 Å². The van der Waals surface area contributed by atoms with Crippen LogP contribution in [0.4, 0.5) is 0 Å². The zero-order valence-corrected chi connectivity index (χ0v) is 11.6. The van der Waals surface area contributed by atoms with E-state index in [1.165, 1.54) is 0 Å². The molecule has 0 aliphatic heterocycles. The first-order valence-corrected chi connectivity index (χ1v) is 6.99. The number of carboxylic acid groups (broad SMARTS) is 1. The number of carbonyl (C=O) groups is 1. The summed E-state index contributed by atoms with van der Waals surface area (Å²) in [5, 5.41) is 9.16. The summed E-state index contributed by atoms with van der Waals surface area (Å²) < 4.78 is 1.71. The topological polar surface area (TPSA) is 59.3 Å². The molecule has 2 rings (SSSR count). The van der Waals surface area contributed by atoms with E-state index in [4.69, 9.17) is 5.11 Å². The number of fused-ring (bicyclic) bond motifs is 1. The zero-order chi connectivity index (χ0) is 14.0. The van der Waals surface area contributed by atoms with Crippen LogP contribution >= 0.6 is 0 Å². The number of aryl methyl sites for hydroxylation is 1. The molecule has 1 heterocycles. The normalized spacial score (nSPS) is 14.5. The Labute approximate surface area is 113 Å². The molecule has 0 spiro atoms. The SMILES string of the molecule is CC(C)CCn1c2c(cc(C(=O)O)c1=O)CCCC2. The molecule has 4 heteroatoms. The fourth-order valence-corrected chi connectivity index (χ4v) is 2.66. The molecule has 1 aliphatic rings. The lowest BCUT2D eigenvalue weighted by molar-refractivity contribution is 0.0694. The molecule has 1 aromatic heterocycles. The summed E-state index contributed by atoms with van der Waals surface area (Å²) in [7, 11) is 0. The summed E-state index contributed by atoms with van der Waals surface area (Å²) in [5.41, 5.74) is 1.69. The Morgan fingerprint density at radius 3 is 2.68 bits per heavy atom. The summed E-state index contributed by atoms with van der Waals surface area (Å²) in [6.07, 6.45) is 4.84. The van der Waals surface area contributed by atoms with E-state index in [0.29, 0.717) is 12.5 Å². The minimum Gasteiger partial charge on any atom is -0.477 e. The van der Waals surface area contributed by atoms with Crippen molar-refractivity contribution in [3.8, 4) is 0 Å². The standard InChI is InChI=1S/C15H21NO3/c1-10(2)7-8-16-13-6-4-3-5-11(13)9-12(14(16)17)15(18)19/h9-10H,3-8H2,1-2H3,(H,18,19). The monoisotopic (exact) mass is 263 g/mol. The molecule has 0 aromatic carbocycles. The molecule has 0 atom stereocenters. The number of nitrogens with zero attached hydrogens (tertiary/aromatic N) is 1. The molecule has 19 heavy (non-hydrogen) atoms. The van der Waals surface area contributed by atoms with Gasteiger partial charge in [0.2, 0.25) is 0 Å². The Hall–Kier alpha value is -1.58.